The molecule has 1 unspecified atom stereocenters. The molecule has 0 saturated carbocycles. The fourth-order valence-electron chi connectivity index (χ4n) is 2.54. The molecule has 2 rings (SSSR count). The SMILES string of the molecule is CC(=O)N1CCN(CC(C)c2nc(C)c(C(=O)O)s2)CC1. The molecule has 1 saturated heterocycles. The Morgan fingerprint density at radius 3 is 2.43 bits per heavy atom. The van der Waals surface area contributed by atoms with Gasteiger partial charge in [0, 0.05) is 45.6 Å². The number of carboxylic acid groups (broad SMARTS) is 1. The minimum absolute atomic E-state index is 0.129. The summed E-state index contributed by atoms with van der Waals surface area (Å²) in [5, 5.41) is 9.96. The van der Waals surface area contributed by atoms with Gasteiger partial charge in [-0.2, -0.15) is 0 Å². The minimum atomic E-state index is -0.904. The number of nitrogens with zero attached hydrogens (tertiary/aromatic N) is 3. The van der Waals surface area contributed by atoms with Crippen molar-refractivity contribution < 1.29 is 14.7 Å². The second kappa shape index (κ2) is 6.53. The lowest BCUT2D eigenvalue weighted by Crippen LogP contribution is -2.48. The number of carboxylic acids is 1. The van der Waals surface area contributed by atoms with Crippen molar-refractivity contribution in [1.29, 1.82) is 0 Å². The summed E-state index contributed by atoms with van der Waals surface area (Å²) in [6, 6.07) is 0. The average Bonchev–Trinajstić information content (AvgIpc) is 2.81. The molecule has 2 heterocycles. The van der Waals surface area contributed by atoms with Crippen molar-refractivity contribution in [2.24, 2.45) is 0 Å². The molecule has 1 atom stereocenters. The Morgan fingerprint density at radius 1 is 1.33 bits per heavy atom. The van der Waals surface area contributed by atoms with Gasteiger partial charge in [-0.15, -0.1) is 11.3 Å². The number of amides is 1. The molecular weight excluding hydrogens is 290 g/mol. The van der Waals surface area contributed by atoms with Gasteiger partial charge >= 0.3 is 5.97 Å². The van der Waals surface area contributed by atoms with E-state index in [1.165, 1.54) is 11.3 Å². The summed E-state index contributed by atoms with van der Waals surface area (Å²) >= 11 is 1.27. The number of rotatable bonds is 4. The number of carbonyl (C=O) groups is 2. The van der Waals surface area contributed by atoms with Crippen LogP contribution in [0.1, 0.15) is 40.1 Å². The zero-order valence-corrected chi connectivity index (χ0v) is 13.4. The smallest absolute Gasteiger partial charge is 0.347 e. The second-order valence-corrected chi connectivity index (χ2v) is 6.51. The van der Waals surface area contributed by atoms with Crippen LogP contribution >= 0.6 is 11.3 Å². The highest BCUT2D eigenvalue weighted by atomic mass is 32.1. The van der Waals surface area contributed by atoms with Gasteiger partial charge in [-0.05, 0) is 6.92 Å². The number of aromatic nitrogens is 1. The van der Waals surface area contributed by atoms with Crippen LogP contribution in [-0.2, 0) is 4.79 Å². The molecule has 1 aliphatic rings. The summed E-state index contributed by atoms with van der Waals surface area (Å²) in [5.74, 6) is -0.575. The summed E-state index contributed by atoms with van der Waals surface area (Å²) in [5.41, 5.74) is 0.593. The lowest BCUT2D eigenvalue weighted by atomic mass is 10.1. The zero-order valence-electron chi connectivity index (χ0n) is 12.6. The molecule has 1 fully saturated rings. The number of carbonyl (C=O) groups excluding carboxylic acids is 1. The van der Waals surface area contributed by atoms with Crippen LogP contribution in [0.15, 0.2) is 0 Å². The average molecular weight is 311 g/mol. The van der Waals surface area contributed by atoms with Crippen LogP contribution in [0.5, 0.6) is 0 Å². The van der Waals surface area contributed by atoms with Gasteiger partial charge in [0.1, 0.15) is 4.88 Å². The second-order valence-electron chi connectivity index (χ2n) is 5.48. The van der Waals surface area contributed by atoms with Gasteiger partial charge in [-0.25, -0.2) is 9.78 Å². The highest BCUT2D eigenvalue weighted by Crippen LogP contribution is 2.25. The quantitative estimate of drug-likeness (QED) is 0.910. The standard InChI is InChI=1S/C14H21N3O3S/c1-9(13-15-10(2)12(21-13)14(19)20)8-16-4-6-17(7-5-16)11(3)18/h9H,4-8H2,1-3H3,(H,19,20). The first-order valence-corrected chi connectivity index (χ1v) is 7.88. The van der Waals surface area contributed by atoms with E-state index in [9.17, 15) is 9.59 Å². The van der Waals surface area contributed by atoms with E-state index >= 15 is 0 Å². The van der Waals surface area contributed by atoms with Crippen LogP contribution in [0.4, 0.5) is 0 Å². The van der Waals surface area contributed by atoms with Crippen molar-refractivity contribution in [1.82, 2.24) is 14.8 Å². The van der Waals surface area contributed by atoms with E-state index in [1.54, 1.807) is 13.8 Å². The van der Waals surface area contributed by atoms with Crippen molar-refractivity contribution >= 4 is 23.2 Å². The molecule has 1 amide bonds. The van der Waals surface area contributed by atoms with Crippen LogP contribution in [0.25, 0.3) is 0 Å². The molecule has 0 spiro atoms. The van der Waals surface area contributed by atoms with Gasteiger partial charge in [-0.1, -0.05) is 6.92 Å². The lowest BCUT2D eigenvalue weighted by Gasteiger charge is -2.35. The summed E-state index contributed by atoms with van der Waals surface area (Å²) in [6.45, 7) is 9.50. The van der Waals surface area contributed by atoms with Crippen LogP contribution < -0.4 is 0 Å². The minimum Gasteiger partial charge on any atom is -0.477 e. The largest absolute Gasteiger partial charge is 0.477 e. The van der Waals surface area contributed by atoms with E-state index in [-0.39, 0.29) is 11.8 Å². The maximum atomic E-state index is 11.3. The Bertz CT molecular complexity index is 536. The normalized spacial score (nSPS) is 17.8. The Labute approximate surface area is 128 Å². The summed E-state index contributed by atoms with van der Waals surface area (Å²) in [7, 11) is 0. The Hall–Kier alpha value is -1.47. The third kappa shape index (κ3) is 3.79. The van der Waals surface area contributed by atoms with E-state index in [4.69, 9.17) is 5.11 Å². The van der Waals surface area contributed by atoms with E-state index in [0.29, 0.717) is 10.6 Å². The molecular formula is C14H21N3O3S. The molecule has 0 radical (unpaired) electrons. The summed E-state index contributed by atoms with van der Waals surface area (Å²) in [6.07, 6.45) is 0. The van der Waals surface area contributed by atoms with Crippen molar-refractivity contribution in [3.05, 3.63) is 15.6 Å². The van der Waals surface area contributed by atoms with Crippen LogP contribution in [0.3, 0.4) is 0 Å². The van der Waals surface area contributed by atoms with Gasteiger partial charge in [0.05, 0.1) is 10.7 Å². The van der Waals surface area contributed by atoms with Crippen molar-refractivity contribution in [2.45, 2.75) is 26.7 Å². The fourth-order valence-corrected chi connectivity index (χ4v) is 3.49. The van der Waals surface area contributed by atoms with E-state index < -0.39 is 5.97 Å². The molecule has 0 aromatic carbocycles. The predicted octanol–water partition coefficient (Wildman–Crippen LogP) is 1.42. The van der Waals surface area contributed by atoms with Gasteiger partial charge in [-0.3, -0.25) is 9.69 Å². The van der Waals surface area contributed by atoms with E-state index in [2.05, 4.69) is 16.8 Å². The monoisotopic (exact) mass is 311 g/mol. The number of piperazine rings is 1. The maximum absolute atomic E-state index is 11.3. The molecule has 21 heavy (non-hydrogen) atoms. The molecule has 6 nitrogen and oxygen atoms in total. The molecule has 7 heteroatoms. The molecule has 0 aliphatic carbocycles. The molecule has 1 aromatic heterocycles. The number of hydrogen-bond acceptors (Lipinski definition) is 5. The molecule has 1 aromatic rings. The van der Waals surface area contributed by atoms with Gasteiger partial charge < -0.3 is 10.0 Å². The number of aryl methyl sites for hydroxylation is 1. The van der Waals surface area contributed by atoms with Gasteiger partial charge in [0.2, 0.25) is 5.91 Å². The van der Waals surface area contributed by atoms with Crippen LogP contribution in [0.2, 0.25) is 0 Å². The van der Waals surface area contributed by atoms with Crippen molar-refractivity contribution in [3.8, 4) is 0 Å². The lowest BCUT2D eigenvalue weighted by molar-refractivity contribution is -0.130. The first-order valence-electron chi connectivity index (χ1n) is 7.07. The van der Waals surface area contributed by atoms with Gasteiger partial charge in [0.25, 0.3) is 0 Å². The Kier molecular flexibility index (Phi) is 4.95. The maximum Gasteiger partial charge on any atom is 0.347 e. The van der Waals surface area contributed by atoms with Crippen LogP contribution in [0, 0.1) is 6.92 Å². The Balaban J connectivity index is 1.93. The van der Waals surface area contributed by atoms with Crippen molar-refractivity contribution in [3.63, 3.8) is 0 Å². The molecule has 0 bridgehead atoms. The topological polar surface area (TPSA) is 73.7 Å². The van der Waals surface area contributed by atoms with Crippen molar-refractivity contribution in [2.75, 3.05) is 32.7 Å². The third-order valence-electron chi connectivity index (χ3n) is 3.78. The molecule has 1 aliphatic heterocycles. The fraction of sp³-hybridized carbons (Fsp3) is 0.643. The van der Waals surface area contributed by atoms with Gasteiger partial charge in [0.15, 0.2) is 0 Å². The molecule has 116 valence electrons. The predicted molar refractivity (Wildman–Crippen MR) is 80.9 cm³/mol. The van der Waals surface area contributed by atoms with E-state index in [0.717, 1.165) is 37.7 Å². The van der Waals surface area contributed by atoms with E-state index in [1.807, 2.05) is 4.90 Å². The first-order chi connectivity index (χ1) is 9.88. The highest BCUT2D eigenvalue weighted by molar-refractivity contribution is 7.13. The highest BCUT2D eigenvalue weighted by Gasteiger charge is 2.23. The number of aromatic carboxylic acids is 1. The third-order valence-corrected chi connectivity index (χ3v) is 5.16. The zero-order chi connectivity index (χ0) is 15.6. The number of hydrogen-bond donors (Lipinski definition) is 1. The first kappa shape index (κ1) is 15.9. The number of thiazole rings is 1. The Morgan fingerprint density at radius 2 is 1.95 bits per heavy atom. The summed E-state index contributed by atoms with van der Waals surface area (Å²) in [4.78, 5) is 31.3. The summed E-state index contributed by atoms with van der Waals surface area (Å²) < 4.78 is 0. The van der Waals surface area contributed by atoms with Crippen LogP contribution in [-0.4, -0.2) is 64.5 Å². The molecule has 1 N–H and O–H groups in total.